The molecule has 1 unspecified atom stereocenters. The molecule has 1 saturated heterocycles. The second kappa shape index (κ2) is 14.5. The van der Waals surface area contributed by atoms with E-state index < -0.39 is 16.8 Å². The monoisotopic (exact) mass is 629 g/mol. The number of hydrogen-bond donors (Lipinski definition) is 1. The first kappa shape index (κ1) is 31.8. The summed E-state index contributed by atoms with van der Waals surface area (Å²) in [5.41, 5.74) is 6.78. The van der Waals surface area contributed by atoms with Crippen LogP contribution >= 0.6 is 0 Å². The van der Waals surface area contributed by atoms with E-state index in [1.807, 2.05) is 32.0 Å². The highest BCUT2D eigenvalue weighted by Gasteiger charge is 2.36. The average Bonchev–Trinajstić information content (AvgIpc) is 3.10. The fraction of sp³-hybridized carbons (Fsp3) is 0.263. The molecule has 9 heteroatoms. The van der Waals surface area contributed by atoms with Crippen LogP contribution in [0.5, 0.6) is 0 Å². The number of aromatic nitrogens is 1. The lowest BCUT2D eigenvalue weighted by Gasteiger charge is -2.39. The summed E-state index contributed by atoms with van der Waals surface area (Å²) in [7, 11) is 0. The molecule has 1 fully saturated rings. The number of nitrogens with one attached hydrogen (secondary N) is 1. The summed E-state index contributed by atoms with van der Waals surface area (Å²) >= 11 is 0. The van der Waals surface area contributed by atoms with Gasteiger partial charge in [-0.25, -0.2) is 4.79 Å². The molecule has 3 heterocycles. The average molecular weight is 630 g/mol. The van der Waals surface area contributed by atoms with Gasteiger partial charge in [-0.15, -0.1) is 0 Å². The first-order valence-corrected chi connectivity index (χ1v) is 16.0. The summed E-state index contributed by atoms with van der Waals surface area (Å²) in [4.78, 5) is 34.3. The van der Waals surface area contributed by atoms with E-state index in [0.717, 1.165) is 43.0 Å². The van der Waals surface area contributed by atoms with Crippen LogP contribution < -0.4 is 5.32 Å². The Morgan fingerprint density at radius 2 is 1.60 bits per heavy atom. The maximum Gasteiger partial charge on any atom is 0.336 e. The Hall–Kier alpha value is -5.12. The molecule has 2 aliphatic heterocycles. The van der Waals surface area contributed by atoms with Gasteiger partial charge in [-0.1, -0.05) is 78.9 Å². The smallest absolute Gasteiger partial charge is 0.336 e. The van der Waals surface area contributed by atoms with E-state index in [0.29, 0.717) is 23.4 Å². The van der Waals surface area contributed by atoms with Gasteiger partial charge in [0.2, 0.25) is 0 Å². The molecule has 4 aromatic rings. The Labute approximate surface area is 275 Å². The summed E-state index contributed by atoms with van der Waals surface area (Å²) in [6.07, 6.45) is 3.44. The first-order chi connectivity index (χ1) is 22.9. The molecular formula is C38H39N5O4. The summed E-state index contributed by atoms with van der Waals surface area (Å²) < 4.78 is 5.95. The molecule has 1 atom stereocenters. The van der Waals surface area contributed by atoms with Crippen molar-refractivity contribution in [2.24, 2.45) is 0 Å². The van der Waals surface area contributed by atoms with E-state index >= 15 is 0 Å². The number of benzene rings is 3. The number of piperazine rings is 1. The number of nitro groups is 1. The van der Waals surface area contributed by atoms with E-state index in [1.54, 1.807) is 18.5 Å². The number of pyridine rings is 1. The quantitative estimate of drug-likeness (QED) is 0.123. The zero-order chi connectivity index (χ0) is 32.8. The number of ether oxygens (including phenoxy) is 1. The van der Waals surface area contributed by atoms with Crippen LogP contribution in [-0.4, -0.2) is 65.0 Å². The SMILES string of the molecule is CC1=C(C(=O)OCCN2CCN(C(c3ccccc3)c3ccccc3)CC2)C(c2cccc([N+](=O)[O-])c2)C(c2cccnc2)=C(C)N1. The van der Waals surface area contributed by atoms with Gasteiger partial charge in [-0.3, -0.25) is 24.9 Å². The van der Waals surface area contributed by atoms with Gasteiger partial charge >= 0.3 is 5.97 Å². The zero-order valence-corrected chi connectivity index (χ0v) is 26.7. The third-order valence-electron chi connectivity index (χ3n) is 9.01. The van der Waals surface area contributed by atoms with Gasteiger partial charge in [-0.2, -0.15) is 0 Å². The maximum atomic E-state index is 13.9. The van der Waals surface area contributed by atoms with Crippen molar-refractivity contribution < 1.29 is 14.5 Å². The highest BCUT2D eigenvalue weighted by Crippen LogP contribution is 2.44. The Kier molecular flexibility index (Phi) is 9.85. The van der Waals surface area contributed by atoms with Gasteiger partial charge in [0.05, 0.1) is 16.5 Å². The molecule has 2 aliphatic rings. The van der Waals surface area contributed by atoms with Crippen molar-refractivity contribution in [1.82, 2.24) is 20.1 Å². The molecular weight excluding hydrogens is 590 g/mol. The molecule has 47 heavy (non-hydrogen) atoms. The van der Waals surface area contributed by atoms with E-state index in [1.165, 1.54) is 23.3 Å². The number of nitro benzene ring substituents is 1. The Bertz CT molecular complexity index is 1730. The predicted octanol–water partition coefficient (Wildman–Crippen LogP) is 6.33. The molecule has 0 amide bonds. The molecule has 240 valence electrons. The molecule has 0 spiro atoms. The third-order valence-corrected chi connectivity index (χ3v) is 9.01. The molecule has 0 radical (unpaired) electrons. The minimum absolute atomic E-state index is 0.0319. The number of allylic oxidation sites excluding steroid dienone is 3. The van der Waals surface area contributed by atoms with Crippen molar-refractivity contribution in [1.29, 1.82) is 0 Å². The topological polar surface area (TPSA) is 101 Å². The number of carbonyl (C=O) groups is 1. The lowest BCUT2D eigenvalue weighted by molar-refractivity contribution is -0.384. The van der Waals surface area contributed by atoms with Crippen LogP contribution in [0.4, 0.5) is 5.69 Å². The van der Waals surface area contributed by atoms with Crippen LogP contribution in [0.15, 0.2) is 126 Å². The maximum absolute atomic E-state index is 13.9. The lowest BCUT2D eigenvalue weighted by atomic mass is 9.78. The van der Waals surface area contributed by atoms with E-state index in [9.17, 15) is 14.9 Å². The van der Waals surface area contributed by atoms with Gasteiger partial charge in [0.15, 0.2) is 0 Å². The van der Waals surface area contributed by atoms with Gasteiger partial charge in [0.1, 0.15) is 6.61 Å². The van der Waals surface area contributed by atoms with Crippen LogP contribution in [0.25, 0.3) is 5.57 Å². The minimum Gasteiger partial charge on any atom is -0.461 e. The fourth-order valence-corrected chi connectivity index (χ4v) is 6.80. The van der Waals surface area contributed by atoms with Crippen molar-refractivity contribution in [3.63, 3.8) is 0 Å². The molecule has 3 aromatic carbocycles. The number of carbonyl (C=O) groups excluding carboxylic acids is 1. The number of esters is 1. The van der Waals surface area contributed by atoms with Crippen LogP contribution in [0.2, 0.25) is 0 Å². The number of non-ortho nitro benzene ring substituents is 1. The predicted molar refractivity (Wildman–Crippen MR) is 182 cm³/mol. The van der Waals surface area contributed by atoms with Crippen molar-refractivity contribution in [2.45, 2.75) is 25.8 Å². The molecule has 0 saturated carbocycles. The summed E-state index contributed by atoms with van der Waals surface area (Å²) in [5.74, 6) is -1.00. The van der Waals surface area contributed by atoms with Gasteiger partial charge in [-0.05, 0) is 47.7 Å². The number of nitrogens with zero attached hydrogens (tertiary/aromatic N) is 4. The van der Waals surface area contributed by atoms with Crippen LogP contribution in [0.1, 0.15) is 48.1 Å². The molecule has 9 nitrogen and oxygen atoms in total. The molecule has 1 N–H and O–H groups in total. The van der Waals surface area contributed by atoms with Crippen LogP contribution in [-0.2, 0) is 9.53 Å². The molecule has 6 rings (SSSR count). The Morgan fingerprint density at radius 1 is 0.915 bits per heavy atom. The van der Waals surface area contributed by atoms with Crippen molar-refractivity contribution in [3.8, 4) is 0 Å². The fourth-order valence-electron chi connectivity index (χ4n) is 6.80. The summed E-state index contributed by atoms with van der Waals surface area (Å²) in [5, 5.41) is 15.0. The highest BCUT2D eigenvalue weighted by molar-refractivity contribution is 5.97. The number of hydrogen-bond acceptors (Lipinski definition) is 8. The Balaban J connectivity index is 1.15. The van der Waals surface area contributed by atoms with Gasteiger partial charge < -0.3 is 10.1 Å². The van der Waals surface area contributed by atoms with Crippen LogP contribution in [0, 0.1) is 10.1 Å². The number of dihydropyridines is 1. The molecule has 0 aliphatic carbocycles. The molecule has 0 bridgehead atoms. The largest absolute Gasteiger partial charge is 0.461 e. The van der Waals surface area contributed by atoms with Crippen molar-refractivity contribution >= 4 is 17.2 Å². The summed E-state index contributed by atoms with van der Waals surface area (Å²) in [6.45, 7) is 8.15. The standard InChI is InChI=1S/C38H39N5O4/c1-27-34(32-16-10-18-39-26-32)36(31-15-9-17-33(25-31)43(45)46)35(28(2)40-27)38(44)47-24-23-41-19-21-42(22-20-41)37(29-11-5-3-6-12-29)30-13-7-4-8-14-30/h3-18,25-26,36-37,40H,19-24H2,1-2H3. The third kappa shape index (κ3) is 7.16. The second-order valence-electron chi connectivity index (χ2n) is 12.0. The van der Waals surface area contributed by atoms with Crippen molar-refractivity contribution in [2.75, 3.05) is 39.3 Å². The number of rotatable bonds is 10. The lowest BCUT2D eigenvalue weighted by Crippen LogP contribution is -2.48. The minimum atomic E-state index is -0.565. The first-order valence-electron chi connectivity index (χ1n) is 16.0. The van der Waals surface area contributed by atoms with Crippen LogP contribution in [0.3, 0.4) is 0 Å². The highest BCUT2D eigenvalue weighted by atomic mass is 16.6. The van der Waals surface area contributed by atoms with E-state index in [2.05, 4.69) is 80.8 Å². The second-order valence-corrected chi connectivity index (χ2v) is 12.0. The van der Waals surface area contributed by atoms with E-state index in [4.69, 9.17) is 4.74 Å². The van der Waals surface area contributed by atoms with Crippen molar-refractivity contribution in [3.05, 3.63) is 159 Å². The van der Waals surface area contributed by atoms with E-state index in [-0.39, 0.29) is 18.3 Å². The van der Waals surface area contributed by atoms with Gasteiger partial charge in [0, 0.05) is 74.6 Å². The zero-order valence-electron chi connectivity index (χ0n) is 26.7. The Morgan fingerprint density at radius 3 is 2.21 bits per heavy atom. The normalized spacial score (nSPS) is 17.5. The molecule has 1 aromatic heterocycles. The van der Waals surface area contributed by atoms with Gasteiger partial charge in [0.25, 0.3) is 5.69 Å². The summed E-state index contributed by atoms with van der Waals surface area (Å²) in [6, 6.07) is 31.7.